The van der Waals surface area contributed by atoms with Crippen LogP contribution in [0.4, 0.5) is 18.9 Å². The number of hydrogen-bond acceptors (Lipinski definition) is 3. The highest BCUT2D eigenvalue weighted by atomic mass is 35.5. The molecule has 0 aliphatic rings. The van der Waals surface area contributed by atoms with Gasteiger partial charge in [-0.1, -0.05) is 17.7 Å². The molecule has 0 spiro atoms. The monoisotopic (exact) mass is 281 g/mol. The Morgan fingerprint density at radius 2 is 2.22 bits per heavy atom. The second-order valence-electron chi connectivity index (χ2n) is 3.44. The summed E-state index contributed by atoms with van der Waals surface area (Å²) in [4.78, 5) is 11.6. The molecule has 0 saturated heterocycles. The zero-order valence-corrected chi connectivity index (χ0v) is 10.1. The summed E-state index contributed by atoms with van der Waals surface area (Å²) < 4.78 is 36.9. The molecule has 0 aliphatic carbocycles. The Hall–Kier alpha value is -1.50. The molecule has 100 valence electrons. The van der Waals surface area contributed by atoms with Crippen LogP contribution < -0.4 is 10.9 Å². The number of anilines is 1. The number of alkyl halides is 3. The maximum Gasteiger partial charge on any atom is 0.390 e. The van der Waals surface area contributed by atoms with Crippen LogP contribution in [0, 0.1) is 0 Å². The van der Waals surface area contributed by atoms with E-state index in [0.29, 0.717) is 0 Å². The predicted octanol–water partition coefficient (Wildman–Crippen LogP) is 2.45. The Labute approximate surface area is 106 Å². The minimum atomic E-state index is -4.26. The van der Waals surface area contributed by atoms with Crippen molar-refractivity contribution >= 4 is 17.3 Å². The minimum absolute atomic E-state index is 0.0891. The number of allylic oxidation sites excluding steroid dienone is 1. The van der Waals surface area contributed by atoms with Crippen LogP contribution in [0.1, 0.15) is 6.42 Å². The Morgan fingerprint density at radius 1 is 1.56 bits per heavy atom. The zero-order chi connectivity index (χ0) is 13.8. The largest absolute Gasteiger partial charge is 0.390 e. The molecule has 8 heteroatoms. The smallest absolute Gasteiger partial charge is 0.382 e. The fourth-order valence-electron chi connectivity index (χ4n) is 1.18. The lowest BCUT2D eigenvalue weighted by molar-refractivity contribution is -0.131. The molecule has 1 aromatic rings. The van der Waals surface area contributed by atoms with Crippen molar-refractivity contribution in [3.05, 3.63) is 34.2 Å². The molecule has 0 unspecified atom stereocenters. The van der Waals surface area contributed by atoms with Crippen LogP contribution in [-0.2, 0) is 6.54 Å². The summed E-state index contributed by atoms with van der Waals surface area (Å²) in [5, 5.41) is 5.99. The first-order valence-corrected chi connectivity index (χ1v) is 5.40. The van der Waals surface area contributed by atoms with Gasteiger partial charge in [0.15, 0.2) is 0 Å². The van der Waals surface area contributed by atoms with Crippen molar-refractivity contribution in [3.8, 4) is 0 Å². The van der Waals surface area contributed by atoms with Crippen LogP contribution >= 0.6 is 11.6 Å². The van der Waals surface area contributed by atoms with Gasteiger partial charge < -0.3 is 5.32 Å². The minimum Gasteiger partial charge on any atom is -0.382 e. The Balaban J connectivity index is 2.77. The van der Waals surface area contributed by atoms with Gasteiger partial charge in [0.25, 0.3) is 5.56 Å². The first kappa shape index (κ1) is 14.6. The lowest BCUT2D eigenvalue weighted by Gasteiger charge is -2.10. The normalized spacial score (nSPS) is 11.3. The number of hydrogen-bond donors (Lipinski definition) is 1. The Kier molecular flexibility index (Phi) is 4.77. The van der Waals surface area contributed by atoms with Crippen LogP contribution in [0.25, 0.3) is 0 Å². The summed E-state index contributed by atoms with van der Waals surface area (Å²) >= 11 is 5.73. The lowest BCUT2D eigenvalue weighted by Crippen LogP contribution is -2.24. The van der Waals surface area contributed by atoms with Crippen molar-refractivity contribution < 1.29 is 13.2 Å². The molecule has 0 fully saturated rings. The molecule has 0 atom stereocenters. The van der Waals surface area contributed by atoms with E-state index in [-0.39, 0.29) is 23.8 Å². The molecule has 0 aliphatic heterocycles. The van der Waals surface area contributed by atoms with Crippen LogP contribution in [0.5, 0.6) is 0 Å². The van der Waals surface area contributed by atoms with Crippen molar-refractivity contribution in [3.63, 3.8) is 0 Å². The summed E-state index contributed by atoms with van der Waals surface area (Å²) in [5.41, 5.74) is -0.486. The van der Waals surface area contributed by atoms with E-state index in [9.17, 15) is 18.0 Å². The highest BCUT2D eigenvalue weighted by Gasteiger charge is 2.26. The Morgan fingerprint density at radius 3 is 2.78 bits per heavy atom. The van der Waals surface area contributed by atoms with Gasteiger partial charge in [0.1, 0.15) is 5.02 Å². The number of nitrogens with zero attached hydrogens (tertiary/aromatic N) is 2. The molecule has 1 N–H and O–H groups in total. The molecule has 0 radical (unpaired) electrons. The van der Waals surface area contributed by atoms with E-state index < -0.39 is 18.2 Å². The van der Waals surface area contributed by atoms with Gasteiger partial charge in [-0.2, -0.15) is 18.3 Å². The van der Waals surface area contributed by atoms with E-state index >= 15 is 0 Å². The van der Waals surface area contributed by atoms with E-state index in [1.807, 2.05) is 0 Å². The van der Waals surface area contributed by atoms with Crippen molar-refractivity contribution in [2.24, 2.45) is 0 Å². The lowest BCUT2D eigenvalue weighted by atomic mass is 10.4. The molecule has 0 saturated carbocycles. The molecule has 1 heterocycles. The average molecular weight is 282 g/mol. The van der Waals surface area contributed by atoms with Crippen molar-refractivity contribution in [1.29, 1.82) is 0 Å². The zero-order valence-electron chi connectivity index (χ0n) is 9.30. The molecule has 4 nitrogen and oxygen atoms in total. The number of halogens is 4. The summed E-state index contributed by atoms with van der Waals surface area (Å²) in [6, 6.07) is 0. The van der Waals surface area contributed by atoms with Crippen molar-refractivity contribution in [1.82, 2.24) is 9.78 Å². The summed E-state index contributed by atoms with van der Waals surface area (Å²) in [7, 11) is 0. The summed E-state index contributed by atoms with van der Waals surface area (Å²) in [6.45, 7) is 3.26. The molecule has 0 bridgehead atoms. The number of rotatable bonds is 5. The summed E-state index contributed by atoms with van der Waals surface area (Å²) in [5.74, 6) is 0. The molecular formula is C10H11ClF3N3O. The fourth-order valence-corrected chi connectivity index (χ4v) is 1.39. The quantitative estimate of drug-likeness (QED) is 0.843. The van der Waals surface area contributed by atoms with Gasteiger partial charge in [-0.05, 0) is 0 Å². The van der Waals surface area contributed by atoms with Gasteiger partial charge in [-0.25, -0.2) is 4.68 Å². The maximum atomic E-state index is 11.9. The topological polar surface area (TPSA) is 46.9 Å². The van der Waals surface area contributed by atoms with Gasteiger partial charge >= 0.3 is 6.18 Å². The SMILES string of the molecule is C=CCn1ncc(NCCC(F)(F)F)c(Cl)c1=O. The van der Waals surface area contributed by atoms with Gasteiger partial charge in [0, 0.05) is 6.54 Å². The van der Waals surface area contributed by atoms with Crippen LogP contribution in [0.2, 0.25) is 5.02 Å². The van der Waals surface area contributed by atoms with Gasteiger partial charge in [0.05, 0.1) is 24.8 Å². The third kappa shape index (κ3) is 4.06. The van der Waals surface area contributed by atoms with Crippen LogP contribution in [-0.4, -0.2) is 22.5 Å². The highest BCUT2D eigenvalue weighted by Crippen LogP contribution is 2.20. The predicted molar refractivity (Wildman–Crippen MR) is 62.9 cm³/mol. The first-order chi connectivity index (χ1) is 8.35. The molecule has 18 heavy (non-hydrogen) atoms. The van der Waals surface area contributed by atoms with E-state index in [1.54, 1.807) is 0 Å². The van der Waals surface area contributed by atoms with Crippen LogP contribution in [0.15, 0.2) is 23.6 Å². The Bertz CT molecular complexity index is 484. The average Bonchev–Trinajstić information content (AvgIpc) is 2.27. The molecular weight excluding hydrogens is 271 g/mol. The first-order valence-electron chi connectivity index (χ1n) is 5.02. The molecule has 1 rings (SSSR count). The van der Waals surface area contributed by atoms with E-state index in [2.05, 4.69) is 17.0 Å². The van der Waals surface area contributed by atoms with Crippen molar-refractivity contribution in [2.75, 3.05) is 11.9 Å². The third-order valence-corrected chi connectivity index (χ3v) is 2.38. The molecule has 0 aromatic carbocycles. The third-order valence-electron chi connectivity index (χ3n) is 2.01. The van der Waals surface area contributed by atoms with E-state index in [1.165, 1.54) is 12.3 Å². The maximum absolute atomic E-state index is 11.9. The number of nitrogens with one attached hydrogen (secondary N) is 1. The van der Waals surface area contributed by atoms with Gasteiger partial charge in [0.2, 0.25) is 0 Å². The van der Waals surface area contributed by atoms with Crippen LogP contribution in [0.3, 0.4) is 0 Å². The summed E-state index contributed by atoms with van der Waals surface area (Å²) in [6.07, 6.45) is -2.60. The molecule has 0 amide bonds. The fraction of sp³-hybridized carbons (Fsp3) is 0.400. The molecule has 1 aromatic heterocycles. The highest BCUT2D eigenvalue weighted by molar-refractivity contribution is 6.32. The van der Waals surface area contributed by atoms with E-state index in [0.717, 1.165) is 4.68 Å². The second-order valence-corrected chi connectivity index (χ2v) is 3.82. The van der Waals surface area contributed by atoms with E-state index in [4.69, 9.17) is 11.6 Å². The van der Waals surface area contributed by atoms with Crippen molar-refractivity contribution in [2.45, 2.75) is 19.1 Å². The second kappa shape index (κ2) is 5.90. The van der Waals surface area contributed by atoms with Gasteiger partial charge in [-0.3, -0.25) is 4.79 Å². The number of aromatic nitrogens is 2. The van der Waals surface area contributed by atoms with Gasteiger partial charge in [-0.15, -0.1) is 6.58 Å². The standard InChI is InChI=1S/C10H11ClF3N3O/c1-2-5-17-9(18)8(11)7(6-16-17)15-4-3-10(12,13)14/h2,6,15H,1,3-5H2.